The molecule has 1 nitrogen and oxygen atoms in total. The van der Waals surface area contributed by atoms with E-state index in [2.05, 4.69) is 77.6 Å². The van der Waals surface area contributed by atoms with Gasteiger partial charge in [-0.3, -0.25) is 0 Å². The second-order valence-corrected chi connectivity index (χ2v) is 6.80. The summed E-state index contributed by atoms with van der Waals surface area (Å²) < 4.78 is 1.16. The Morgan fingerprint density at radius 3 is 2.40 bits per heavy atom. The van der Waals surface area contributed by atoms with Gasteiger partial charge in [0.2, 0.25) is 0 Å². The summed E-state index contributed by atoms with van der Waals surface area (Å²) in [5, 5.41) is 3.69. The van der Waals surface area contributed by atoms with Crippen molar-refractivity contribution < 1.29 is 0 Å². The van der Waals surface area contributed by atoms with Crippen LogP contribution in [0, 0.1) is 13.8 Å². The molecule has 2 aromatic rings. The standard InChI is InChI=1S/C18H20BrN/c1-12-3-4-13(2)18(9-12)20-17-10-15(11-17)14-5-7-16(19)8-6-14/h3-9,15,17,20H,10-11H2,1-2H3. The topological polar surface area (TPSA) is 12.0 Å². The van der Waals surface area contributed by atoms with E-state index in [4.69, 9.17) is 0 Å². The Morgan fingerprint density at radius 1 is 1.00 bits per heavy atom. The highest BCUT2D eigenvalue weighted by atomic mass is 79.9. The van der Waals surface area contributed by atoms with Gasteiger partial charge in [-0.15, -0.1) is 0 Å². The zero-order chi connectivity index (χ0) is 14.1. The normalized spacial score (nSPS) is 21.4. The van der Waals surface area contributed by atoms with E-state index in [-0.39, 0.29) is 0 Å². The minimum Gasteiger partial charge on any atom is -0.382 e. The number of hydrogen-bond donors (Lipinski definition) is 1. The van der Waals surface area contributed by atoms with Crippen molar-refractivity contribution in [3.05, 3.63) is 63.6 Å². The third kappa shape index (κ3) is 2.90. The molecular weight excluding hydrogens is 310 g/mol. The van der Waals surface area contributed by atoms with Crippen molar-refractivity contribution in [2.24, 2.45) is 0 Å². The highest BCUT2D eigenvalue weighted by molar-refractivity contribution is 9.10. The van der Waals surface area contributed by atoms with Crippen LogP contribution in [0.15, 0.2) is 46.9 Å². The van der Waals surface area contributed by atoms with Crippen molar-refractivity contribution in [3.8, 4) is 0 Å². The fourth-order valence-electron chi connectivity index (χ4n) is 2.85. The van der Waals surface area contributed by atoms with Gasteiger partial charge in [-0.25, -0.2) is 0 Å². The van der Waals surface area contributed by atoms with E-state index in [1.807, 2.05) is 0 Å². The van der Waals surface area contributed by atoms with Gasteiger partial charge >= 0.3 is 0 Å². The summed E-state index contributed by atoms with van der Waals surface area (Å²) in [4.78, 5) is 0. The van der Waals surface area contributed by atoms with Gasteiger partial charge in [0.1, 0.15) is 0 Å². The summed E-state index contributed by atoms with van der Waals surface area (Å²) in [7, 11) is 0. The number of nitrogens with one attached hydrogen (secondary N) is 1. The largest absolute Gasteiger partial charge is 0.382 e. The van der Waals surface area contributed by atoms with Crippen LogP contribution in [0.3, 0.4) is 0 Å². The second kappa shape index (κ2) is 5.61. The molecule has 1 aliphatic rings. The first kappa shape index (κ1) is 13.7. The fraction of sp³-hybridized carbons (Fsp3) is 0.333. The molecule has 0 aromatic heterocycles. The van der Waals surface area contributed by atoms with Gasteiger partial charge < -0.3 is 5.32 Å². The average Bonchev–Trinajstić information content (AvgIpc) is 2.39. The van der Waals surface area contributed by atoms with E-state index >= 15 is 0 Å². The average molecular weight is 330 g/mol. The summed E-state index contributed by atoms with van der Waals surface area (Å²) in [5.41, 5.74) is 5.42. The molecule has 104 valence electrons. The first-order valence-electron chi connectivity index (χ1n) is 7.21. The van der Waals surface area contributed by atoms with Gasteiger partial charge in [0.05, 0.1) is 0 Å². The molecular formula is C18H20BrN. The molecule has 0 spiro atoms. The van der Waals surface area contributed by atoms with Crippen LogP contribution >= 0.6 is 15.9 Å². The molecule has 0 heterocycles. The molecule has 1 N–H and O–H groups in total. The Morgan fingerprint density at radius 2 is 1.70 bits per heavy atom. The van der Waals surface area contributed by atoms with E-state index in [9.17, 15) is 0 Å². The van der Waals surface area contributed by atoms with Crippen molar-refractivity contribution in [3.63, 3.8) is 0 Å². The van der Waals surface area contributed by atoms with Crippen LogP contribution in [-0.2, 0) is 0 Å². The molecule has 1 saturated carbocycles. The summed E-state index contributed by atoms with van der Waals surface area (Å²) >= 11 is 3.49. The fourth-order valence-corrected chi connectivity index (χ4v) is 3.12. The first-order valence-corrected chi connectivity index (χ1v) is 8.00. The van der Waals surface area contributed by atoms with E-state index < -0.39 is 0 Å². The lowest BCUT2D eigenvalue weighted by Gasteiger charge is -2.37. The van der Waals surface area contributed by atoms with Crippen LogP contribution in [0.4, 0.5) is 5.69 Å². The molecule has 0 amide bonds. The Labute approximate surface area is 129 Å². The van der Waals surface area contributed by atoms with Crippen LogP contribution in [0.1, 0.15) is 35.4 Å². The van der Waals surface area contributed by atoms with Crippen LogP contribution in [-0.4, -0.2) is 6.04 Å². The van der Waals surface area contributed by atoms with Crippen LogP contribution < -0.4 is 5.32 Å². The highest BCUT2D eigenvalue weighted by Crippen LogP contribution is 2.39. The molecule has 20 heavy (non-hydrogen) atoms. The number of aryl methyl sites for hydroxylation is 2. The molecule has 1 fully saturated rings. The number of rotatable bonds is 3. The van der Waals surface area contributed by atoms with Crippen LogP contribution in [0.2, 0.25) is 0 Å². The van der Waals surface area contributed by atoms with Gasteiger partial charge in [0.25, 0.3) is 0 Å². The lowest BCUT2D eigenvalue weighted by atomic mass is 9.76. The molecule has 1 aliphatic carbocycles. The SMILES string of the molecule is Cc1ccc(C)c(NC2CC(c3ccc(Br)cc3)C2)c1. The lowest BCUT2D eigenvalue weighted by molar-refractivity contribution is 0.374. The van der Waals surface area contributed by atoms with Crippen LogP contribution in [0.5, 0.6) is 0 Å². The van der Waals surface area contributed by atoms with Gasteiger partial charge in [0, 0.05) is 16.2 Å². The molecule has 0 unspecified atom stereocenters. The molecule has 2 aromatic carbocycles. The van der Waals surface area contributed by atoms with Crippen molar-refractivity contribution in [1.29, 1.82) is 0 Å². The molecule has 0 radical (unpaired) electrons. The van der Waals surface area contributed by atoms with Crippen molar-refractivity contribution in [2.75, 3.05) is 5.32 Å². The molecule has 3 rings (SSSR count). The summed E-state index contributed by atoms with van der Waals surface area (Å²) in [6.45, 7) is 4.32. The predicted octanol–water partition coefficient (Wildman–Crippen LogP) is 5.42. The van der Waals surface area contributed by atoms with E-state index in [1.165, 1.54) is 35.2 Å². The minimum absolute atomic E-state index is 0.615. The maximum atomic E-state index is 3.69. The molecule has 0 atom stereocenters. The number of anilines is 1. The summed E-state index contributed by atoms with van der Waals surface area (Å²) in [6.07, 6.45) is 2.46. The molecule has 0 aliphatic heterocycles. The quantitative estimate of drug-likeness (QED) is 0.792. The monoisotopic (exact) mass is 329 g/mol. The van der Waals surface area contributed by atoms with Crippen LogP contribution in [0.25, 0.3) is 0 Å². The number of hydrogen-bond acceptors (Lipinski definition) is 1. The third-order valence-electron chi connectivity index (χ3n) is 4.23. The first-order chi connectivity index (χ1) is 9.61. The van der Waals surface area contributed by atoms with E-state index in [0.29, 0.717) is 12.0 Å². The van der Waals surface area contributed by atoms with Crippen molar-refractivity contribution >= 4 is 21.6 Å². The van der Waals surface area contributed by atoms with Crippen molar-refractivity contribution in [1.82, 2.24) is 0 Å². The zero-order valence-corrected chi connectivity index (χ0v) is 13.6. The predicted molar refractivity (Wildman–Crippen MR) is 89.4 cm³/mol. The van der Waals surface area contributed by atoms with Crippen molar-refractivity contribution in [2.45, 2.75) is 38.6 Å². The smallest absolute Gasteiger partial charge is 0.0374 e. The Balaban J connectivity index is 1.60. The van der Waals surface area contributed by atoms with Gasteiger partial charge in [-0.1, -0.05) is 40.2 Å². The third-order valence-corrected chi connectivity index (χ3v) is 4.76. The number of halogens is 1. The summed E-state index contributed by atoms with van der Waals surface area (Å²) in [5.74, 6) is 0.714. The van der Waals surface area contributed by atoms with Gasteiger partial charge in [0.15, 0.2) is 0 Å². The molecule has 0 saturated heterocycles. The lowest BCUT2D eigenvalue weighted by Crippen LogP contribution is -2.34. The maximum absolute atomic E-state index is 3.69. The van der Waals surface area contributed by atoms with Gasteiger partial charge in [-0.2, -0.15) is 0 Å². The van der Waals surface area contributed by atoms with E-state index in [1.54, 1.807) is 0 Å². The molecule has 2 heteroatoms. The minimum atomic E-state index is 0.615. The Kier molecular flexibility index (Phi) is 3.84. The highest BCUT2D eigenvalue weighted by Gasteiger charge is 2.30. The Bertz CT molecular complexity index is 597. The summed E-state index contributed by atoms with van der Waals surface area (Å²) in [6, 6.07) is 16.0. The molecule has 0 bridgehead atoms. The Hall–Kier alpha value is -1.28. The number of benzene rings is 2. The zero-order valence-electron chi connectivity index (χ0n) is 12.0. The second-order valence-electron chi connectivity index (χ2n) is 5.88. The van der Waals surface area contributed by atoms with Gasteiger partial charge in [-0.05, 0) is 67.5 Å². The maximum Gasteiger partial charge on any atom is 0.0374 e. The van der Waals surface area contributed by atoms with E-state index in [0.717, 1.165) is 4.47 Å².